The molecule has 0 aliphatic heterocycles. The van der Waals surface area contributed by atoms with Crippen LogP contribution in [0.3, 0.4) is 0 Å². The molecule has 1 aromatic heterocycles. The molecule has 11 heteroatoms. The van der Waals surface area contributed by atoms with E-state index in [0.717, 1.165) is 0 Å². The molecule has 0 saturated carbocycles. The van der Waals surface area contributed by atoms with Crippen molar-refractivity contribution in [2.45, 2.75) is 45.0 Å². The van der Waals surface area contributed by atoms with E-state index in [1.54, 1.807) is 30.3 Å². The predicted molar refractivity (Wildman–Crippen MR) is 110 cm³/mol. The topological polar surface area (TPSA) is 78.3 Å². The van der Waals surface area contributed by atoms with E-state index in [1.165, 1.54) is 11.5 Å². The molecular weight excluding hydrogens is 437 g/mol. The number of alkyl halides is 3. The van der Waals surface area contributed by atoms with Gasteiger partial charge in [0.15, 0.2) is 0 Å². The Hall–Kier alpha value is -2.58. The number of aromatic nitrogens is 2. The average Bonchev–Trinajstić information content (AvgIpc) is 2.62. The first-order valence-electron chi connectivity index (χ1n) is 8.96. The smallest absolute Gasteiger partial charge is 0.355 e. The van der Waals surface area contributed by atoms with Gasteiger partial charge in [0.2, 0.25) is 5.88 Å². The van der Waals surface area contributed by atoms with E-state index < -0.39 is 35.1 Å². The van der Waals surface area contributed by atoms with Crippen LogP contribution in [0.1, 0.15) is 12.5 Å². The highest BCUT2D eigenvalue weighted by Gasteiger charge is 2.49. The molecule has 0 spiro atoms. The maximum atomic E-state index is 13.0. The Morgan fingerprint density at radius 1 is 1.17 bits per heavy atom. The summed E-state index contributed by atoms with van der Waals surface area (Å²) in [5, 5.41) is 0. The van der Waals surface area contributed by atoms with E-state index in [2.05, 4.69) is 20.6 Å². The molecule has 0 unspecified atom stereocenters. The number of halogens is 3. The SMILES string of the molecule is CCc1c(OS(=O)(=O)C(F)(F)F)nc(-c2ccccc2)n(CC#C[Si](C)(C)C)c1=O. The van der Waals surface area contributed by atoms with Crippen LogP contribution in [0.25, 0.3) is 11.4 Å². The van der Waals surface area contributed by atoms with Crippen molar-refractivity contribution in [1.82, 2.24) is 9.55 Å². The summed E-state index contributed by atoms with van der Waals surface area (Å²) in [6.07, 6.45) is -0.0783. The Morgan fingerprint density at radius 2 is 1.77 bits per heavy atom. The molecule has 0 fully saturated rings. The van der Waals surface area contributed by atoms with Crippen molar-refractivity contribution < 1.29 is 25.8 Å². The Labute approximate surface area is 173 Å². The fraction of sp³-hybridized carbons (Fsp3) is 0.368. The highest BCUT2D eigenvalue weighted by atomic mass is 32.2. The summed E-state index contributed by atoms with van der Waals surface area (Å²) in [6.45, 7) is 7.52. The van der Waals surface area contributed by atoms with E-state index in [1.807, 2.05) is 19.6 Å². The van der Waals surface area contributed by atoms with Crippen molar-refractivity contribution in [3.05, 3.63) is 46.2 Å². The zero-order valence-electron chi connectivity index (χ0n) is 16.9. The first-order valence-corrected chi connectivity index (χ1v) is 13.9. The molecule has 0 radical (unpaired) electrons. The second-order valence-corrected chi connectivity index (χ2v) is 13.7. The molecule has 0 amide bonds. The normalized spacial score (nSPS) is 12.2. The van der Waals surface area contributed by atoms with Gasteiger partial charge in [-0.3, -0.25) is 9.36 Å². The molecule has 2 aromatic rings. The molecule has 6 nitrogen and oxygen atoms in total. The number of nitrogens with zero attached hydrogens (tertiary/aromatic N) is 2. The monoisotopic (exact) mass is 458 g/mol. The molecule has 0 aliphatic carbocycles. The first kappa shape index (κ1) is 23.7. The summed E-state index contributed by atoms with van der Waals surface area (Å²) in [4.78, 5) is 17.0. The molecule has 0 aliphatic rings. The summed E-state index contributed by atoms with van der Waals surface area (Å²) < 4.78 is 66.9. The summed E-state index contributed by atoms with van der Waals surface area (Å²) in [6, 6.07) is 8.21. The average molecular weight is 459 g/mol. The quantitative estimate of drug-likeness (QED) is 0.296. The van der Waals surface area contributed by atoms with E-state index >= 15 is 0 Å². The second-order valence-electron chi connectivity index (χ2n) is 7.36. The number of hydrogen-bond donors (Lipinski definition) is 0. The molecule has 1 heterocycles. The third-order valence-electron chi connectivity index (χ3n) is 3.78. The molecule has 1 aromatic carbocycles. The van der Waals surface area contributed by atoms with Gasteiger partial charge in [-0.05, 0) is 6.42 Å². The first-order chi connectivity index (χ1) is 13.8. The van der Waals surface area contributed by atoms with Crippen molar-refractivity contribution >= 4 is 18.2 Å². The van der Waals surface area contributed by atoms with E-state index in [-0.39, 0.29) is 24.4 Å². The lowest BCUT2D eigenvalue weighted by molar-refractivity contribution is -0.0501. The van der Waals surface area contributed by atoms with E-state index in [4.69, 9.17) is 0 Å². The predicted octanol–water partition coefficient (Wildman–Crippen LogP) is 3.58. The van der Waals surface area contributed by atoms with Gasteiger partial charge in [0, 0.05) is 5.56 Å². The highest BCUT2D eigenvalue weighted by molar-refractivity contribution is 7.87. The maximum absolute atomic E-state index is 13.0. The Balaban J connectivity index is 2.74. The lowest BCUT2D eigenvalue weighted by Gasteiger charge is -2.16. The van der Waals surface area contributed by atoms with Gasteiger partial charge in [-0.1, -0.05) is 62.8 Å². The highest BCUT2D eigenvalue weighted by Crippen LogP contribution is 2.28. The van der Waals surface area contributed by atoms with Gasteiger partial charge < -0.3 is 4.18 Å². The van der Waals surface area contributed by atoms with Gasteiger partial charge >= 0.3 is 15.6 Å². The standard InChI is InChI=1S/C19H21F3N2O4SSi/c1-5-15-17(28-29(26,27)19(20,21)22)23-16(14-10-7-6-8-11-14)24(18(15)25)12-9-13-30(2,3)4/h6-8,10-11H,5,12H2,1-4H3. The Kier molecular flexibility index (Phi) is 6.83. The minimum atomic E-state index is -5.98. The molecule has 0 bridgehead atoms. The van der Waals surface area contributed by atoms with Crippen LogP contribution < -0.4 is 9.74 Å². The van der Waals surface area contributed by atoms with Crippen molar-refractivity contribution in [1.29, 1.82) is 0 Å². The van der Waals surface area contributed by atoms with Gasteiger partial charge in [-0.25, -0.2) is 0 Å². The van der Waals surface area contributed by atoms with Crippen LogP contribution in [-0.4, -0.2) is 31.6 Å². The Morgan fingerprint density at radius 3 is 2.27 bits per heavy atom. The zero-order chi connectivity index (χ0) is 22.7. The lowest BCUT2D eigenvalue weighted by atomic mass is 10.2. The van der Waals surface area contributed by atoms with Gasteiger partial charge in [0.05, 0.1) is 12.1 Å². The number of hydrogen-bond acceptors (Lipinski definition) is 5. The summed E-state index contributed by atoms with van der Waals surface area (Å²) in [5.74, 6) is 2.02. The zero-order valence-corrected chi connectivity index (χ0v) is 18.7. The van der Waals surface area contributed by atoms with Crippen molar-refractivity contribution in [2.75, 3.05) is 0 Å². The number of rotatable bonds is 5. The second kappa shape index (κ2) is 8.65. The van der Waals surface area contributed by atoms with Crippen LogP contribution in [0.2, 0.25) is 19.6 Å². The fourth-order valence-corrected chi connectivity index (χ4v) is 3.48. The largest absolute Gasteiger partial charge is 0.534 e. The van der Waals surface area contributed by atoms with Crippen LogP contribution >= 0.6 is 0 Å². The van der Waals surface area contributed by atoms with Crippen LogP contribution in [0, 0.1) is 11.5 Å². The van der Waals surface area contributed by atoms with E-state index in [9.17, 15) is 26.4 Å². The molecule has 0 atom stereocenters. The molecular formula is C19H21F3N2O4SSi. The van der Waals surface area contributed by atoms with Gasteiger partial charge in [-0.15, -0.1) is 5.54 Å². The van der Waals surface area contributed by atoms with Crippen molar-refractivity contribution in [2.24, 2.45) is 0 Å². The van der Waals surface area contributed by atoms with Crippen molar-refractivity contribution in [3.63, 3.8) is 0 Å². The van der Waals surface area contributed by atoms with Crippen LogP contribution in [-0.2, 0) is 23.1 Å². The van der Waals surface area contributed by atoms with Crippen LogP contribution in [0.5, 0.6) is 5.88 Å². The summed E-state index contributed by atoms with van der Waals surface area (Å²) in [7, 11) is -7.72. The molecule has 0 N–H and O–H groups in total. The molecule has 30 heavy (non-hydrogen) atoms. The minimum absolute atomic E-state index is 0.0324. The van der Waals surface area contributed by atoms with Gasteiger partial charge in [-0.2, -0.15) is 26.6 Å². The molecule has 2 rings (SSSR count). The minimum Gasteiger partial charge on any atom is -0.355 e. The van der Waals surface area contributed by atoms with Crippen molar-refractivity contribution in [3.8, 4) is 28.7 Å². The maximum Gasteiger partial charge on any atom is 0.534 e. The van der Waals surface area contributed by atoms with Gasteiger partial charge in [0.25, 0.3) is 5.56 Å². The third kappa shape index (κ3) is 5.52. The summed E-state index contributed by atoms with van der Waals surface area (Å²) in [5.41, 5.74) is -3.12. The lowest BCUT2D eigenvalue weighted by Crippen LogP contribution is -2.32. The molecule has 0 saturated heterocycles. The van der Waals surface area contributed by atoms with Crippen LogP contribution in [0.4, 0.5) is 13.2 Å². The Bertz CT molecular complexity index is 1140. The van der Waals surface area contributed by atoms with Crippen LogP contribution in [0.15, 0.2) is 35.1 Å². The third-order valence-corrected chi connectivity index (χ3v) is 5.65. The fourth-order valence-electron chi connectivity index (χ4n) is 2.44. The van der Waals surface area contributed by atoms with Gasteiger partial charge in [0.1, 0.15) is 13.9 Å². The summed E-state index contributed by atoms with van der Waals surface area (Å²) >= 11 is 0. The molecule has 162 valence electrons. The van der Waals surface area contributed by atoms with E-state index in [0.29, 0.717) is 5.56 Å². The number of benzene rings is 1.